The van der Waals surface area contributed by atoms with Crippen LogP contribution >= 0.6 is 0 Å². The van der Waals surface area contributed by atoms with Crippen LogP contribution in [0, 0.1) is 6.92 Å². The van der Waals surface area contributed by atoms with Gasteiger partial charge in [-0.3, -0.25) is 4.98 Å². The fraction of sp³-hybridized carbons (Fsp3) is 0.167. The highest BCUT2D eigenvalue weighted by Crippen LogP contribution is 2.37. The van der Waals surface area contributed by atoms with Crippen molar-refractivity contribution in [3.05, 3.63) is 59.3 Å². The average molecular weight is 260 g/mol. The van der Waals surface area contributed by atoms with Crippen molar-refractivity contribution in [1.29, 1.82) is 0 Å². The Balaban J connectivity index is 2.06. The molecule has 0 spiro atoms. The highest BCUT2D eigenvalue weighted by atomic mass is 14.7. The van der Waals surface area contributed by atoms with Crippen molar-refractivity contribution >= 4 is 16.5 Å². The second-order valence-corrected chi connectivity index (χ2v) is 5.55. The highest BCUT2D eigenvalue weighted by molar-refractivity contribution is 6.01. The van der Waals surface area contributed by atoms with Gasteiger partial charge in [-0.2, -0.15) is 0 Å². The van der Waals surface area contributed by atoms with Crippen LogP contribution in [0.15, 0.2) is 42.6 Å². The summed E-state index contributed by atoms with van der Waals surface area (Å²) in [5.41, 5.74) is 12.8. The number of rotatable bonds is 1. The average Bonchev–Trinajstić information content (AvgIpc) is 2.86. The number of nitrogen functional groups attached to an aromatic ring is 1. The lowest BCUT2D eigenvalue weighted by Gasteiger charge is -2.11. The van der Waals surface area contributed by atoms with Crippen LogP contribution in [0.3, 0.4) is 0 Å². The summed E-state index contributed by atoms with van der Waals surface area (Å²) in [5.74, 6) is 0. The maximum Gasteiger partial charge on any atom is 0.0738 e. The molecule has 4 rings (SSSR count). The third-order valence-corrected chi connectivity index (χ3v) is 4.23. The maximum atomic E-state index is 5.81. The monoisotopic (exact) mass is 260 g/mol. The summed E-state index contributed by atoms with van der Waals surface area (Å²) in [6.45, 7) is 2.07. The molecule has 0 saturated carbocycles. The minimum absolute atomic E-state index is 0.720. The summed E-state index contributed by atoms with van der Waals surface area (Å²) < 4.78 is 0. The van der Waals surface area contributed by atoms with Gasteiger partial charge in [0.25, 0.3) is 0 Å². The van der Waals surface area contributed by atoms with Crippen LogP contribution in [0.5, 0.6) is 0 Å². The molecule has 1 aliphatic carbocycles. The molecule has 2 nitrogen and oxygen atoms in total. The summed E-state index contributed by atoms with van der Waals surface area (Å²) in [6, 6.07) is 13.1. The normalized spacial score (nSPS) is 13.1. The van der Waals surface area contributed by atoms with E-state index in [4.69, 9.17) is 5.73 Å². The number of pyridine rings is 1. The van der Waals surface area contributed by atoms with Crippen LogP contribution in [-0.2, 0) is 12.8 Å². The first kappa shape index (κ1) is 11.5. The van der Waals surface area contributed by atoms with Crippen LogP contribution in [0.1, 0.15) is 16.7 Å². The number of nitrogens with two attached hydrogens (primary N) is 1. The van der Waals surface area contributed by atoms with E-state index >= 15 is 0 Å². The lowest BCUT2D eigenvalue weighted by atomic mass is 9.96. The van der Waals surface area contributed by atoms with E-state index in [0.717, 1.165) is 29.8 Å². The third kappa shape index (κ3) is 1.54. The zero-order valence-corrected chi connectivity index (χ0v) is 11.5. The zero-order valence-electron chi connectivity index (χ0n) is 11.5. The Bertz CT molecular complexity index is 824. The van der Waals surface area contributed by atoms with Gasteiger partial charge in [0.1, 0.15) is 0 Å². The zero-order chi connectivity index (χ0) is 13.7. The van der Waals surface area contributed by atoms with Crippen LogP contribution in [-0.4, -0.2) is 4.98 Å². The number of anilines is 1. The molecule has 98 valence electrons. The summed E-state index contributed by atoms with van der Waals surface area (Å²) in [7, 11) is 0. The Morgan fingerprint density at radius 1 is 1.05 bits per heavy atom. The Kier molecular flexibility index (Phi) is 2.34. The van der Waals surface area contributed by atoms with E-state index in [0.29, 0.717) is 0 Å². The molecule has 2 aromatic carbocycles. The molecule has 0 bridgehead atoms. The fourth-order valence-electron chi connectivity index (χ4n) is 3.33. The van der Waals surface area contributed by atoms with Gasteiger partial charge in [0.15, 0.2) is 0 Å². The lowest BCUT2D eigenvalue weighted by Crippen LogP contribution is -1.94. The fourth-order valence-corrected chi connectivity index (χ4v) is 3.33. The van der Waals surface area contributed by atoms with Crippen molar-refractivity contribution in [2.75, 3.05) is 5.73 Å². The SMILES string of the molecule is Cc1cc(N)cnc1-c1ccc2c3c(cccc13)CC2. The van der Waals surface area contributed by atoms with Gasteiger partial charge in [-0.25, -0.2) is 0 Å². The summed E-state index contributed by atoms with van der Waals surface area (Å²) in [4.78, 5) is 4.55. The van der Waals surface area contributed by atoms with Gasteiger partial charge in [-0.15, -0.1) is 0 Å². The van der Waals surface area contributed by atoms with Gasteiger partial charge >= 0.3 is 0 Å². The van der Waals surface area contributed by atoms with Gasteiger partial charge < -0.3 is 5.73 Å². The van der Waals surface area contributed by atoms with Crippen LogP contribution in [0.2, 0.25) is 0 Å². The first-order valence-corrected chi connectivity index (χ1v) is 7.00. The lowest BCUT2D eigenvalue weighted by molar-refractivity contribution is 1.02. The molecule has 0 aliphatic heterocycles. The molecule has 0 radical (unpaired) electrons. The molecule has 0 atom stereocenters. The predicted octanol–water partition coefficient (Wildman–Crippen LogP) is 3.89. The standard InChI is InChI=1S/C18H16N2/c1-11-9-14(19)10-20-18(11)16-8-7-13-6-5-12-3-2-4-15(16)17(12)13/h2-4,7-10H,5-6,19H2,1H3. The van der Waals surface area contributed by atoms with Crippen LogP contribution in [0.4, 0.5) is 5.69 Å². The maximum absolute atomic E-state index is 5.81. The van der Waals surface area contributed by atoms with Crippen molar-refractivity contribution in [3.63, 3.8) is 0 Å². The topological polar surface area (TPSA) is 38.9 Å². The van der Waals surface area contributed by atoms with Gasteiger partial charge in [0.2, 0.25) is 0 Å². The van der Waals surface area contributed by atoms with Gasteiger partial charge in [0, 0.05) is 5.56 Å². The number of aryl methyl sites for hydroxylation is 3. The summed E-state index contributed by atoms with van der Waals surface area (Å²) in [5, 5.41) is 2.75. The molecular weight excluding hydrogens is 244 g/mol. The molecule has 1 aliphatic rings. The third-order valence-electron chi connectivity index (χ3n) is 4.23. The van der Waals surface area contributed by atoms with Gasteiger partial charge in [0.05, 0.1) is 17.6 Å². The van der Waals surface area contributed by atoms with E-state index in [2.05, 4.69) is 42.2 Å². The second kappa shape index (κ2) is 4.07. The van der Waals surface area contributed by atoms with Gasteiger partial charge in [-0.05, 0) is 53.3 Å². The van der Waals surface area contributed by atoms with E-state index in [1.807, 2.05) is 6.07 Å². The van der Waals surface area contributed by atoms with Crippen LogP contribution in [0.25, 0.3) is 22.0 Å². The molecule has 3 aromatic rings. The molecule has 0 amide bonds. The van der Waals surface area contributed by atoms with Gasteiger partial charge in [-0.1, -0.05) is 30.3 Å². The highest BCUT2D eigenvalue weighted by Gasteiger charge is 2.17. The Labute approximate surface area is 118 Å². The Morgan fingerprint density at radius 3 is 2.65 bits per heavy atom. The largest absolute Gasteiger partial charge is 0.397 e. The molecule has 20 heavy (non-hydrogen) atoms. The van der Waals surface area contributed by atoms with E-state index in [1.165, 1.54) is 27.5 Å². The Morgan fingerprint density at radius 2 is 1.85 bits per heavy atom. The van der Waals surface area contributed by atoms with Crippen LogP contribution < -0.4 is 5.73 Å². The van der Waals surface area contributed by atoms with Crippen molar-refractivity contribution in [2.24, 2.45) is 0 Å². The minimum atomic E-state index is 0.720. The molecule has 2 heteroatoms. The van der Waals surface area contributed by atoms with E-state index < -0.39 is 0 Å². The molecular formula is C18H16N2. The molecule has 2 N–H and O–H groups in total. The quantitative estimate of drug-likeness (QED) is 0.721. The first-order chi connectivity index (χ1) is 9.74. The number of hydrogen-bond acceptors (Lipinski definition) is 2. The molecule has 1 aromatic heterocycles. The number of aromatic nitrogens is 1. The van der Waals surface area contributed by atoms with Crippen molar-refractivity contribution < 1.29 is 0 Å². The number of nitrogens with zero attached hydrogens (tertiary/aromatic N) is 1. The van der Waals surface area contributed by atoms with E-state index in [9.17, 15) is 0 Å². The molecule has 1 heterocycles. The van der Waals surface area contributed by atoms with Crippen molar-refractivity contribution in [3.8, 4) is 11.3 Å². The number of benzene rings is 2. The molecule has 0 saturated heterocycles. The molecule has 0 fully saturated rings. The number of hydrogen-bond donors (Lipinski definition) is 1. The predicted molar refractivity (Wildman–Crippen MR) is 83.7 cm³/mol. The second-order valence-electron chi connectivity index (χ2n) is 5.55. The first-order valence-electron chi connectivity index (χ1n) is 7.00. The van der Waals surface area contributed by atoms with Crippen molar-refractivity contribution in [1.82, 2.24) is 4.98 Å². The summed E-state index contributed by atoms with van der Waals surface area (Å²) >= 11 is 0. The molecule has 0 unspecified atom stereocenters. The minimum Gasteiger partial charge on any atom is -0.397 e. The summed E-state index contributed by atoms with van der Waals surface area (Å²) in [6.07, 6.45) is 4.06. The Hall–Kier alpha value is -2.35. The van der Waals surface area contributed by atoms with E-state index in [1.54, 1.807) is 6.20 Å². The van der Waals surface area contributed by atoms with E-state index in [-0.39, 0.29) is 0 Å². The smallest absolute Gasteiger partial charge is 0.0738 e. The van der Waals surface area contributed by atoms with Crippen molar-refractivity contribution in [2.45, 2.75) is 19.8 Å².